The lowest BCUT2D eigenvalue weighted by Gasteiger charge is -2.37. The highest BCUT2D eigenvalue weighted by Crippen LogP contribution is 2.45. The fourth-order valence-electron chi connectivity index (χ4n) is 3.51. The van der Waals surface area contributed by atoms with Crippen LogP contribution in [0, 0.1) is 0 Å². The van der Waals surface area contributed by atoms with Crippen LogP contribution >= 0.6 is 11.3 Å². The first-order valence-electron chi connectivity index (χ1n) is 8.29. The minimum Gasteiger partial charge on any atom is -0.505 e. The van der Waals surface area contributed by atoms with Crippen LogP contribution < -0.4 is 4.90 Å². The summed E-state index contributed by atoms with van der Waals surface area (Å²) < 4.78 is 0. The Bertz CT molecular complexity index is 838. The molecular weight excluding hydrogens is 320 g/mol. The van der Waals surface area contributed by atoms with Gasteiger partial charge >= 0.3 is 0 Å². The number of benzene rings is 1. The van der Waals surface area contributed by atoms with E-state index in [4.69, 9.17) is 0 Å². The van der Waals surface area contributed by atoms with Gasteiger partial charge in [-0.15, -0.1) is 10.2 Å². The van der Waals surface area contributed by atoms with E-state index in [-0.39, 0.29) is 5.75 Å². The quantitative estimate of drug-likeness (QED) is 0.800. The van der Waals surface area contributed by atoms with E-state index in [1.165, 1.54) is 22.6 Å². The molecule has 0 atom stereocenters. The molecule has 5 nitrogen and oxygen atoms in total. The average molecular weight is 340 g/mol. The van der Waals surface area contributed by atoms with E-state index in [0.717, 1.165) is 54.8 Å². The molecule has 0 saturated heterocycles. The molecule has 1 N–H and O–H groups in total. The van der Waals surface area contributed by atoms with E-state index >= 15 is 0 Å². The van der Waals surface area contributed by atoms with Gasteiger partial charge in [0.25, 0.3) is 0 Å². The first-order chi connectivity index (χ1) is 11.6. The molecule has 1 aromatic carbocycles. The van der Waals surface area contributed by atoms with Crippen molar-refractivity contribution in [2.45, 2.75) is 32.6 Å². The summed E-state index contributed by atoms with van der Waals surface area (Å²) in [6, 6.07) is 1.99. The number of phenolic OH excluding ortho intramolecular Hbond substituents is 1. The molecule has 0 aliphatic carbocycles. The van der Waals surface area contributed by atoms with Gasteiger partial charge in [0.05, 0.1) is 4.88 Å². The topological polar surface area (TPSA) is 61.1 Å². The number of nitrogens with zero attached hydrogens (tertiary/aromatic N) is 4. The Morgan fingerprint density at radius 2 is 2.08 bits per heavy atom. The first-order valence-corrected chi connectivity index (χ1v) is 9.11. The predicted molar refractivity (Wildman–Crippen MR) is 98.0 cm³/mol. The number of hydrogen-bond donors (Lipinski definition) is 1. The molecule has 1 aromatic heterocycles. The van der Waals surface area contributed by atoms with E-state index in [1.807, 2.05) is 13.0 Å². The van der Waals surface area contributed by atoms with Gasteiger partial charge in [0.1, 0.15) is 11.4 Å². The standard InChI is InChI=1S/C18H20N4OS/c1-11(2)15-10-19-18(24-15)21-20-14-9-12-5-3-7-22-8-4-6-13(16(12)22)17(14)23/h9-10,23H,1,3-8H2,2H3. The first kappa shape index (κ1) is 15.3. The molecule has 0 saturated carbocycles. The number of anilines is 1. The van der Waals surface area contributed by atoms with Crippen molar-refractivity contribution in [2.75, 3.05) is 18.0 Å². The monoisotopic (exact) mass is 340 g/mol. The molecule has 0 bridgehead atoms. The molecule has 4 rings (SSSR count). The number of aromatic hydroxyl groups is 1. The number of aromatic nitrogens is 1. The van der Waals surface area contributed by atoms with Gasteiger partial charge in [0.2, 0.25) is 5.13 Å². The van der Waals surface area contributed by atoms with Gasteiger partial charge in [0, 0.05) is 30.5 Å². The van der Waals surface area contributed by atoms with E-state index < -0.39 is 0 Å². The van der Waals surface area contributed by atoms with Crippen molar-refractivity contribution < 1.29 is 5.11 Å². The molecule has 6 heteroatoms. The molecule has 2 aliphatic rings. The van der Waals surface area contributed by atoms with E-state index in [9.17, 15) is 5.11 Å². The Kier molecular flexibility index (Phi) is 3.84. The highest BCUT2D eigenvalue weighted by molar-refractivity contribution is 7.16. The van der Waals surface area contributed by atoms with Crippen molar-refractivity contribution in [1.29, 1.82) is 0 Å². The van der Waals surface area contributed by atoms with Crippen LogP contribution in [0.4, 0.5) is 16.5 Å². The van der Waals surface area contributed by atoms with Gasteiger partial charge in [-0.3, -0.25) is 0 Å². The second-order valence-corrected chi connectivity index (χ2v) is 7.42. The summed E-state index contributed by atoms with van der Waals surface area (Å²) in [5.41, 5.74) is 5.08. The largest absolute Gasteiger partial charge is 0.505 e. The molecule has 3 heterocycles. The second-order valence-electron chi connectivity index (χ2n) is 6.41. The van der Waals surface area contributed by atoms with Gasteiger partial charge in [-0.2, -0.15) is 0 Å². The number of phenols is 1. The van der Waals surface area contributed by atoms with Crippen molar-refractivity contribution in [1.82, 2.24) is 4.98 Å². The third-order valence-electron chi connectivity index (χ3n) is 4.63. The van der Waals surface area contributed by atoms with Crippen LogP contribution in [0.1, 0.15) is 35.8 Å². The lowest BCUT2D eigenvalue weighted by molar-refractivity contribution is 0.463. The number of azo groups is 1. The highest BCUT2D eigenvalue weighted by atomic mass is 32.1. The number of thiazole rings is 1. The van der Waals surface area contributed by atoms with Crippen LogP contribution in [0.25, 0.3) is 5.57 Å². The Hall–Kier alpha value is -2.21. The fourth-order valence-corrected chi connectivity index (χ4v) is 4.17. The zero-order valence-electron chi connectivity index (χ0n) is 13.7. The summed E-state index contributed by atoms with van der Waals surface area (Å²) in [5, 5.41) is 19.7. The minimum atomic E-state index is 0.279. The molecule has 0 fully saturated rings. The summed E-state index contributed by atoms with van der Waals surface area (Å²) in [7, 11) is 0. The Labute approximate surface area is 145 Å². The Morgan fingerprint density at radius 1 is 1.29 bits per heavy atom. The van der Waals surface area contributed by atoms with Gasteiger partial charge in [-0.1, -0.05) is 17.9 Å². The molecule has 124 valence electrons. The van der Waals surface area contributed by atoms with Crippen molar-refractivity contribution >= 4 is 33.4 Å². The van der Waals surface area contributed by atoms with Crippen LogP contribution in [0.15, 0.2) is 29.1 Å². The normalized spacial score (nSPS) is 16.5. The SMILES string of the molecule is C=C(C)c1cnc(N=Nc2cc3c4c(c2O)CCCN4CCC3)s1. The van der Waals surface area contributed by atoms with Gasteiger partial charge in [0.15, 0.2) is 0 Å². The Morgan fingerprint density at radius 3 is 2.83 bits per heavy atom. The highest BCUT2D eigenvalue weighted by Gasteiger charge is 2.27. The maximum Gasteiger partial charge on any atom is 0.230 e. The summed E-state index contributed by atoms with van der Waals surface area (Å²) in [6.07, 6.45) is 5.94. The smallest absolute Gasteiger partial charge is 0.230 e. The molecular formula is C18H20N4OS. The summed E-state index contributed by atoms with van der Waals surface area (Å²) in [6.45, 7) is 8.03. The summed E-state index contributed by atoms with van der Waals surface area (Å²) in [4.78, 5) is 7.65. The van der Waals surface area contributed by atoms with E-state index in [1.54, 1.807) is 6.20 Å². The van der Waals surface area contributed by atoms with Crippen LogP contribution in [0.2, 0.25) is 0 Å². The van der Waals surface area contributed by atoms with Crippen molar-refractivity contribution in [3.63, 3.8) is 0 Å². The van der Waals surface area contributed by atoms with Crippen LogP contribution in [0.3, 0.4) is 0 Å². The van der Waals surface area contributed by atoms with Crippen LogP contribution in [-0.2, 0) is 12.8 Å². The van der Waals surface area contributed by atoms with E-state index in [0.29, 0.717) is 10.8 Å². The molecule has 2 aromatic rings. The molecule has 0 radical (unpaired) electrons. The minimum absolute atomic E-state index is 0.279. The van der Waals surface area contributed by atoms with Gasteiger partial charge in [-0.25, -0.2) is 4.98 Å². The Balaban J connectivity index is 1.71. The maximum absolute atomic E-state index is 10.7. The number of rotatable bonds is 3. The zero-order chi connectivity index (χ0) is 16.7. The van der Waals surface area contributed by atoms with Crippen LogP contribution in [-0.4, -0.2) is 23.2 Å². The molecule has 0 unspecified atom stereocenters. The fraction of sp³-hybridized carbons (Fsp3) is 0.389. The van der Waals surface area contributed by atoms with Gasteiger partial charge < -0.3 is 10.0 Å². The third kappa shape index (κ3) is 2.60. The molecule has 0 spiro atoms. The lowest BCUT2D eigenvalue weighted by atomic mass is 9.90. The number of allylic oxidation sites excluding steroid dienone is 1. The lowest BCUT2D eigenvalue weighted by Crippen LogP contribution is -2.34. The maximum atomic E-state index is 10.7. The van der Waals surface area contributed by atoms with Crippen LogP contribution in [0.5, 0.6) is 5.75 Å². The van der Waals surface area contributed by atoms with Crippen molar-refractivity contribution in [3.05, 3.63) is 34.8 Å². The van der Waals surface area contributed by atoms with Gasteiger partial charge in [-0.05, 0) is 49.8 Å². The molecule has 24 heavy (non-hydrogen) atoms. The number of hydrogen-bond acceptors (Lipinski definition) is 6. The number of aryl methyl sites for hydroxylation is 1. The summed E-state index contributed by atoms with van der Waals surface area (Å²) in [5.74, 6) is 0.279. The zero-order valence-corrected chi connectivity index (χ0v) is 14.6. The second kappa shape index (κ2) is 6.02. The van der Waals surface area contributed by atoms with E-state index in [2.05, 4.69) is 26.7 Å². The average Bonchev–Trinajstić information content (AvgIpc) is 3.06. The van der Waals surface area contributed by atoms with Crippen molar-refractivity contribution in [3.8, 4) is 5.75 Å². The third-order valence-corrected chi connectivity index (χ3v) is 5.68. The predicted octanol–water partition coefficient (Wildman–Crippen LogP) is 5.00. The molecule has 0 amide bonds. The summed E-state index contributed by atoms with van der Waals surface area (Å²) >= 11 is 1.46. The molecule has 2 aliphatic heterocycles. The van der Waals surface area contributed by atoms with Crippen molar-refractivity contribution in [2.24, 2.45) is 10.2 Å².